The number of phenols is 1. The molecule has 1 rings (SSSR count). The van der Waals surface area contributed by atoms with E-state index in [1.54, 1.807) is 0 Å². The van der Waals surface area contributed by atoms with Gasteiger partial charge in [-0.15, -0.1) is 12.3 Å². The lowest BCUT2D eigenvalue weighted by Gasteiger charge is -2.10. The van der Waals surface area contributed by atoms with Crippen LogP contribution in [0.1, 0.15) is 23.7 Å². The minimum absolute atomic E-state index is 0.00995. The molecular formula is C11H10N2O4. The third kappa shape index (κ3) is 2.59. The molecule has 0 aliphatic carbocycles. The lowest BCUT2D eigenvalue weighted by Crippen LogP contribution is -2.03. The maximum Gasteiger partial charge on any atom is 0.278 e. The summed E-state index contributed by atoms with van der Waals surface area (Å²) in [6, 6.07) is 2.08. The summed E-state index contributed by atoms with van der Waals surface area (Å²) in [7, 11) is 0. The average molecular weight is 234 g/mol. The van der Waals surface area contributed by atoms with E-state index in [4.69, 9.17) is 11.8 Å². The van der Waals surface area contributed by atoms with Gasteiger partial charge in [-0.1, -0.05) is 0 Å². The van der Waals surface area contributed by atoms with Gasteiger partial charge in [-0.05, 0) is 6.07 Å². The molecule has 1 aromatic rings. The summed E-state index contributed by atoms with van der Waals surface area (Å²) in [6.45, 7) is 0. The maximum atomic E-state index is 10.8. The van der Waals surface area contributed by atoms with Gasteiger partial charge in [-0.3, -0.25) is 10.1 Å². The van der Waals surface area contributed by atoms with Gasteiger partial charge in [0.15, 0.2) is 0 Å². The monoisotopic (exact) mass is 234 g/mol. The first-order valence-corrected chi connectivity index (χ1v) is 4.64. The van der Waals surface area contributed by atoms with Gasteiger partial charge < -0.3 is 15.6 Å². The molecule has 0 aromatic heterocycles. The number of nitrogens with zero attached hydrogens (tertiary/aromatic N) is 1. The Balaban J connectivity index is 3.39. The van der Waals surface area contributed by atoms with Crippen LogP contribution in [0.4, 0.5) is 5.69 Å². The molecule has 0 saturated carbocycles. The van der Waals surface area contributed by atoms with Gasteiger partial charge >= 0.3 is 0 Å². The Morgan fingerprint density at radius 2 is 2.29 bits per heavy atom. The fraction of sp³-hybridized carbons (Fsp3) is 0.182. The quantitative estimate of drug-likeness (QED) is 0.316. The van der Waals surface area contributed by atoms with Crippen LogP contribution in [0.25, 0.3) is 0 Å². The number of nitro groups is 1. The van der Waals surface area contributed by atoms with Gasteiger partial charge in [0.2, 0.25) is 0 Å². The van der Waals surface area contributed by atoms with Crippen LogP contribution in [-0.4, -0.2) is 21.4 Å². The second-order valence-corrected chi connectivity index (χ2v) is 3.30. The molecule has 0 amide bonds. The summed E-state index contributed by atoms with van der Waals surface area (Å²) >= 11 is 0. The highest BCUT2D eigenvalue weighted by Crippen LogP contribution is 2.32. The number of rotatable bonds is 4. The number of benzene rings is 1. The van der Waals surface area contributed by atoms with Gasteiger partial charge in [-0.2, -0.15) is 0 Å². The van der Waals surface area contributed by atoms with E-state index >= 15 is 0 Å². The average Bonchev–Trinajstić information content (AvgIpc) is 2.28. The van der Waals surface area contributed by atoms with Crippen molar-refractivity contribution in [2.45, 2.75) is 12.5 Å². The predicted molar refractivity (Wildman–Crippen MR) is 61.1 cm³/mol. The Bertz CT molecular complexity index is 505. The standard InChI is InChI=1S/C11H10N2O4/c1-2-3-10(14)8-4-7(6-12)11(15)5-9(8)13(16)17/h1,4-6,10,12,14-15H,3H2. The molecule has 1 unspecified atom stereocenters. The van der Waals surface area contributed by atoms with E-state index < -0.39 is 16.7 Å². The number of hydrogen-bond donors (Lipinski definition) is 3. The van der Waals surface area contributed by atoms with Crippen molar-refractivity contribution in [2.75, 3.05) is 0 Å². The van der Waals surface area contributed by atoms with Crippen LogP contribution in [-0.2, 0) is 0 Å². The van der Waals surface area contributed by atoms with Crippen LogP contribution in [0.3, 0.4) is 0 Å². The molecule has 0 bridgehead atoms. The predicted octanol–water partition coefficient (Wildman–Crippen LogP) is 1.35. The molecule has 1 aromatic carbocycles. The molecule has 0 aliphatic heterocycles. The SMILES string of the molecule is C#CCC(O)c1cc(C=N)c(O)cc1[N+](=O)[O-]. The maximum absolute atomic E-state index is 10.8. The number of hydrogen-bond acceptors (Lipinski definition) is 5. The van der Waals surface area contributed by atoms with E-state index in [2.05, 4.69) is 5.92 Å². The summed E-state index contributed by atoms with van der Waals surface area (Å²) in [5.41, 5.74) is -0.346. The normalized spacial score (nSPS) is 11.5. The smallest absolute Gasteiger partial charge is 0.278 e. The van der Waals surface area contributed by atoms with E-state index in [0.29, 0.717) is 0 Å². The van der Waals surface area contributed by atoms with Crippen LogP contribution in [0.5, 0.6) is 5.75 Å². The molecule has 6 nitrogen and oxygen atoms in total. The summed E-state index contributed by atoms with van der Waals surface area (Å²) in [5.74, 6) is 1.81. The van der Waals surface area contributed by atoms with Crippen LogP contribution in [0.2, 0.25) is 0 Å². The minimum atomic E-state index is -1.19. The van der Waals surface area contributed by atoms with Gasteiger partial charge in [0.1, 0.15) is 5.75 Å². The van der Waals surface area contributed by atoms with Gasteiger partial charge in [0, 0.05) is 18.2 Å². The molecule has 1 atom stereocenters. The summed E-state index contributed by atoms with van der Waals surface area (Å²) in [6.07, 6.45) is 4.58. The van der Waals surface area contributed by atoms with Crippen LogP contribution < -0.4 is 0 Å². The molecule has 0 heterocycles. The zero-order valence-electron chi connectivity index (χ0n) is 8.75. The summed E-state index contributed by atoms with van der Waals surface area (Å²) in [5, 5.41) is 36.8. The van der Waals surface area contributed by atoms with Crippen LogP contribution in [0.15, 0.2) is 12.1 Å². The third-order valence-corrected chi connectivity index (χ3v) is 2.20. The molecule has 0 spiro atoms. The number of phenolic OH excluding ortho intramolecular Hbond substituents is 1. The highest BCUT2D eigenvalue weighted by molar-refractivity contribution is 5.82. The minimum Gasteiger partial charge on any atom is -0.507 e. The number of terminal acetylenes is 1. The molecule has 6 heteroatoms. The van der Waals surface area contributed by atoms with Crippen molar-refractivity contribution < 1.29 is 15.1 Å². The van der Waals surface area contributed by atoms with Crippen molar-refractivity contribution in [1.29, 1.82) is 5.41 Å². The fourth-order valence-corrected chi connectivity index (χ4v) is 1.37. The molecule has 88 valence electrons. The van der Waals surface area contributed by atoms with Crippen molar-refractivity contribution in [3.63, 3.8) is 0 Å². The molecule has 0 radical (unpaired) electrons. The van der Waals surface area contributed by atoms with Crippen molar-refractivity contribution >= 4 is 11.9 Å². The molecular weight excluding hydrogens is 224 g/mol. The van der Waals surface area contributed by atoms with Gasteiger partial charge in [0.05, 0.1) is 22.7 Å². The molecule has 3 N–H and O–H groups in total. The van der Waals surface area contributed by atoms with E-state index in [9.17, 15) is 20.3 Å². The fourth-order valence-electron chi connectivity index (χ4n) is 1.37. The Labute approximate surface area is 97.2 Å². The lowest BCUT2D eigenvalue weighted by atomic mass is 10.0. The van der Waals surface area contributed by atoms with Crippen LogP contribution in [0, 0.1) is 27.9 Å². The Morgan fingerprint density at radius 3 is 2.76 bits per heavy atom. The first kappa shape index (κ1) is 12.7. The second-order valence-electron chi connectivity index (χ2n) is 3.30. The number of nitro benzene ring substituents is 1. The van der Waals surface area contributed by atoms with Crippen LogP contribution >= 0.6 is 0 Å². The van der Waals surface area contributed by atoms with E-state index in [1.807, 2.05) is 0 Å². The highest BCUT2D eigenvalue weighted by Gasteiger charge is 2.22. The molecule has 0 saturated heterocycles. The summed E-state index contributed by atoms with van der Waals surface area (Å²) in [4.78, 5) is 10.0. The largest absolute Gasteiger partial charge is 0.507 e. The molecule has 0 aliphatic rings. The molecule has 0 fully saturated rings. The van der Waals surface area contributed by atoms with Crippen molar-refractivity contribution in [3.05, 3.63) is 33.4 Å². The topological polar surface area (TPSA) is 107 Å². The van der Waals surface area contributed by atoms with E-state index in [-0.39, 0.29) is 23.3 Å². The number of aromatic hydroxyl groups is 1. The zero-order chi connectivity index (χ0) is 13.0. The number of nitrogens with one attached hydrogen (secondary N) is 1. The van der Waals surface area contributed by atoms with Crippen molar-refractivity contribution in [3.8, 4) is 18.1 Å². The first-order chi connectivity index (χ1) is 8.01. The van der Waals surface area contributed by atoms with E-state index in [1.165, 1.54) is 6.07 Å². The van der Waals surface area contributed by atoms with Gasteiger partial charge in [-0.25, -0.2) is 0 Å². The van der Waals surface area contributed by atoms with E-state index in [0.717, 1.165) is 12.3 Å². The van der Waals surface area contributed by atoms with Crippen molar-refractivity contribution in [1.82, 2.24) is 0 Å². The Morgan fingerprint density at radius 1 is 1.65 bits per heavy atom. The first-order valence-electron chi connectivity index (χ1n) is 4.64. The third-order valence-electron chi connectivity index (χ3n) is 2.20. The number of aliphatic hydroxyl groups excluding tert-OH is 1. The zero-order valence-corrected chi connectivity index (χ0v) is 8.75. The lowest BCUT2D eigenvalue weighted by molar-refractivity contribution is -0.386. The Kier molecular flexibility index (Phi) is 3.80. The highest BCUT2D eigenvalue weighted by atomic mass is 16.6. The summed E-state index contributed by atoms with van der Waals surface area (Å²) < 4.78 is 0. The van der Waals surface area contributed by atoms with Crippen molar-refractivity contribution in [2.24, 2.45) is 0 Å². The van der Waals surface area contributed by atoms with Gasteiger partial charge in [0.25, 0.3) is 5.69 Å². The molecule has 17 heavy (non-hydrogen) atoms. The Hall–Kier alpha value is -2.39. The second kappa shape index (κ2) is 5.09. The number of aliphatic hydroxyl groups is 1.